The van der Waals surface area contributed by atoms with Gasteiger partial charge in [0.05, 0.1) is 0 Å². The van der Waals surface area contributed by atoms with Crippen molar-refractivity contribution in [2.24, 2.45) is 17.6 Å². The van der Waals surface area contributed by atoms with E-state index in [9.17, 15) is 0 Å². The van der Waals surface area contributed by atoms with E-state index < -0.39 is 0 Å². The highest BCUT2D eigenvalue weighted by Gasteiger charge is 2.41. The van der Waals surface area contributed by atoms with Crippen LogP contribution in [0.5, 0.6) is 0 Å². The molecule has 0 saturated carbocycles. The van der Waals surface area contributed by atoms with Gasteiger partial charge in [-0.25, -0.2) is 0 Å². The maximum absolute atomic E-state index is 6.05. The Bertz CT molecular complexity index is 204. The average Bonchev–Trinajstić information content (AvgIpc) is 2.61. The molecule has 2 N–H and O–H groups in total. The van der Waals surface area contributed by atoms with Crippen LogP contribution in [0.25, 0.3) is 0 Å². The summed E-state index contributed by atoms with van der Waals surface area (Å²) < 4.78 is 0. The number of nitrogens with zero attached hydrogens (tertiary/aromatic N) is 1. The fourth-order valence-corrected chi connectivity index (χ4v) is 4.21. The summed E-state index contributed by atoms with van der Waals surface area (Å²) in [6.07, 6.45) is 2.66. The SMILES string of the molecule is CC1CN(C2(CN)CCCSC2)CC1C. The Balaban J connectivity index is 2.06. The molecule has 0 aromatic carbocycles. The minimum Gasteiger partial charge on any atom is -0.329 e. The van der Waals surface area contributed by atoms with Crippen LogP contribution in [0.2, 0.25) is 0 Å². The molecule has 2 fully saturated rings. The first-order valence-electron chi connectivity index (χ1n) is 6.21. The predicted molar refractivity (Wildman–Crippen MR) is 68.2 cm³/mol. The van der Waals surface area contributed by atoms with Crippen LogP contribution in [-0.2, 0) is 0 Å². The Morgan fingerprint density at radius 2 is 2.00 bits per heavy atom. The number of rotatable bonds is 2. The van der Waals surface area contributed by atoms with Crippen molar-refractivity contribution in [2.45, 2.75) is 32.2 Å². The fourth-order valence-electron chi connectivity index (χ4n) is 2.89. The highest BCUT2D eigenvalue weighted by Crippen LogP contribution is 2.36. The summed E-state index contributed by atoms with van der Waals surface area (Å²) in [4.78, 5) is 2.69. The quantitative estimate of drug-likeness (QED) is 0.781. The van der Waals surface area contributed by atoms with Crippen LogP contribution >= 0.6 is 11.8 Å². The van der Waals surface area contributed by atoms with Gasteiger partial charge in [0.2, 0.25) is 0 Å². The second-order valence-electron chi connectivity index (χ2n) is 5.44. The minimum atomic E-state index is 0.335. The van der Waals surface area contributed by atoms with E-state index in [-0.39, 0.29) is 0 Å². The van der Waals surface area contributed by atoms with Crippen molar-refractivity contribution >= 4 is 11.8 Å². The van der Waals surface area contributed by atoms with Crippen molar-refractivity contribution < 1.29 is 0 Å². The van der Waals surface area contributed by atoms with Crippen LogP contribution in [0.15, 0.2) is 0 Å². The molecule has 2 aliphatic rings. The van der Waals surface area contributed by atoms with Crippen LogP contribution in [0.3, 0.4) is 0 Å². The predicted octanol–water partition coefficient (Wildman–Crippen LogP) is 1.80. The maximum Gasteiger partial charge on any atom is 0.0422 e. The van der Waals surface area contributed by atoms with E-state index in [1.54, 1.807) is 0 Å². The number of nitrogens with two attached hydrogens (primary N) is 1. The summed E-state index contributed by atoms with van der Waals surface area (Å²) in [7, 11) is 0. The standard InChI is InChI=1S/C12H24N2S/c1-10-6-14(7-11(10)2)12(8-13)4-3-5-15-9-12/h10-11H,3-9,13H2,1-2H3. The second kappa shape index (κ2) is 4.64. The summed E-state index contributed by atoms with van der Waals surface area (Å²) in [6.45, 7) is 8.13. The van der Waals surface area contributed by atoms with Crippen molar-refractivity contribution in [2.75, 3.05) is 31.1 Å². The number of thioether (sulfide) groups is 1. The van der Waals surface area contributed by atoms with E-state index in [0.29, 0.717) is 5.54 Å². The van der Waals surface area contributed by atoms with E-state index >= 15 is 0 Å². The van der Waals surface area contributed by atoms with Gasteiger partial charge in [-0.2, -0.15) is 11.8 Å². The van der Waals surface area contributed by atoms with Crippen LogP contribution in [-0.4, -0.2) is 41.6 Å². The first-order chi connectivity index (χ1) is 7.18. The third-order valence-corrected chi connectivity index (χ3v) is 5.66. The van der Waals surface area contributed by atoms with E-state index in [4.69, 9.17) is 5.73 Å². The van der Waals surface area contributed by atoms with Crippen LogP contribution in [0.4, 0.5) is 0 Å². The van der Waals surface area contributed by atoms with E-state index in [2.05, 4.69) is 30.5 Å². The molecule has 3 unspecified atom stereocenters. The Labute approximate surface area is 98.0 Å². The summed E-state index contributed by atoms with van der Waals surface area (Å²) in [5.74, 6) is 4.28. The minimum absolute atomic E-state index is 0.335. The monoisotopic (exact) mass is 228 g/mol. The number of likely N-dealkylation sites (tertiary alicyclic amines) is 1. The van der Waals surface area contributed by atoms with Gasteiger partial charge in [0.25, 0.3) is 0 Å². The first kappa shape index (κ1) is 11.7. The van der Waals surface area contributed by atoms with Crippen molar-refractivity contribution in [1.82, 2.24) is 4.90 Å². The average molecular weight is 228 g/mol. The summed E-state index contributed by atoms with van der Waals surface area (Å²) in [6, 6.07) is 0. The molecule has 2 saturated heterocycles. The molecule has 88 valence electrons. The molecular weight excluding hydrogens is 204 g/mol. The van der Waals surface area contributed by atoms with Gasteiger partial charge in [0, 0.05) is 30.9 Å². The molecule has 0 aliphatic carbocycles. The van der Waals surface area contributed by atoms with Crippen molar-refractivity contribution in [3.8, 4) is 0 Å². The molecule has 2 nitrogen and oxygen atoms in total. The third kappa shape index (κ3) is 2.20. The molecule has 2 heterocycles. The smallest absolute Gasteiger partial charge is 0.0422 e. The topological polar surface area (TPSA) is 29.3 Å². The van der Waals surface area contributed by atoms with Crippen molar-refractivity contribution in [1.29, 1.82) is 0 Å². The Kier molecular flexibility index (Phi) is 3.63. The van der Waals surface area contributed by atoms with Gasteiger partial charge in [-0.1, -0.05) is 13.8 Å². The van der Waals surface area contributed by atoms with Crippen LogP contribution in [0, 0.1) is 11.8 Å². The Morgan fingerprint density at radius 1 is 1.33 bits per heavy atom. The van der Waals surface area contributed by atoms with Crippen LogP contribution in [0.1, 0.15) is 26.7 Å². The lowest BCUT2D eigenvalue weighted by Crippen LogP contribution is -2.56. The highest BCUT2D eigenvalue weighted by atomic mass is 32.2. The normalized spacial score (nSPS) is 43.4. The van der Waals surface area contributed by atoms with Gasteiger partial charge in [0.15, 0.2) is 0 Å². The zero-order valence-electron chi connectivity index (χ0n) is 10.0. The lowest BCUT2D eigenvalue weighted by Gasteiger charge is -2.44. The summed E-state index contributed by atoms with van der Waals surface area (Å²) in [5.41, 5.74) is 6.39. The van der Waals surface area contributed by atoms with Gasteiger partial charge in [0.1, 0.15) is 0 Å². The molecule has 2 rings (SSSR count). The fraction of sp³-hybridized carbons (Fsp3) is 1.00. The molecule has 0 spiro atoms. The molecule has 0 radical (unpaired) electrons. The second-order valence-corrected chi connectivity index (χ2v) is 6.55. The first-order valence-corrected chi connectivity index (χ1v) is 7.36. The van der Waals surface area contributed by atoms with Gasteiger partial charge in [-0.3, -0.25) is 4.90 Å². The molecule has 15 heavy (non-hydrogen) atoms. The third-order valence-electron chi connectivity index (χ3n) is 4.34. The summed E-state index contributed by atoms with van der Waals surface area (Å²) >= 11 is 2.09. The van der Waals surface area contributed by atoms with E-state index in [0.717, 1.165) is 18.4 Å². The molecule has 2 aliphatic heterocycles. The van der Waals surface area contributed by atoms with Crippen molar-refractivity contribution in [3.05, 3.63) is 0 Å². The van der Waals surface area contributed by atoms with E-state index in [1.165, 1.54) is 37.4 Å². The van der Waals surface area contributed by atoms with Gasteiger partial charge < -0.3 is 5.73 Å². The maximum atomic E-state index is 6.05. The van der Waals surface area contributed by atoms with E-state index in [1.807, 2.05) is 0 Å². The van der Waals surface area contributed by atoms with Gasteiger partial charge in [-0.05, 0) is 30.4 Å². The molecule has 0 aromatic rings. The molecule has 0 aromatic heterocycles. The lowest BCUT2D eigenvalue weighted by atomic mass is 9.93. The zero-order valence-corrected chi connectivity index (χ0v) is 10.9. The van der Waals surface area contributed by atoms with Gasteiger partial charge >= 0.3 is 0 Å². The van der Waals surface area contributed by atoms with Crippen molar-refractivity contribution in [3.63, 3.8) is 0 Å². The highest BCUT2D eigenvalue weighted by molar-refractivity contribution is 7.99. The zero-order chi connectivity index (χ0) is 10.9. The Morgan fingerprint density at radius 3 is 2.47 bits per heavy atom. The van der Waals surface area contributed by atoms with Gasteiger partial charge in [-0.15, -0.1) is 0 Å². The molecule has 0 amide bonds. The van der Waals surface area contributed by atoms with Crippen LogP contribution < -0.4 is 5.73 Å². The number of hydrogen-bond acceptors (Lipinski definition) is 3. The largest absolute Gasteiger partial charge is 0.329 e. The summed E-state index contributed by atoms with van der Waals surface area (Å²) in [5, 5.41) is 0. The number of hydrogen-bond donors (Lipinski definition) is 1. The molecule has 3 heteroatoms. The Hall–Kier alpha value is 0.270. The molecule has 0 bridgehead atoms. The molecule has 3 atom stereocenters. The lowest BCUT2D eigenvalue weighted by molar-refractivity contribution is 0.126. The molecular formula is C12H24N2S.